The van der Waals surface area contributed by atoms with Gasteiger partial charge in [0, 0.05) is 16.6 Å². The molecule has 5 heteroatoms. The Kier molecular flexibility index (Phi) is 3.72. The van der Waals surface area contributed by atoms with E-state index in [9.17, 15) is 4.79 Å². The fourth-order valence-electron chi connectivity index (χ4n) is 5.59. The van der Waals surface area contributed by atoms with Crippen LogP contribution in [-0.2, 0) is 4.79 Å². The van der Waals surface area contributed by atoms with Crippen LogP contribution in [0.5, 0.6) is 11.5 Å². The number of nitrogens with one attached hydrogen (secondary N) is 1. The summed E-state index contributed by atoms with van der Waals surface area (Å²) < 4.78 is 10.6. The molecule has 5 rings (SSSR count). The summed E-state index contributed by atoms with van der Waals surface area (Å²) >= 11 is 6.84. The number of hydrogen-bond acceptors (Lipinski definition) is 3. The van der Waals surface area contributed by atoms with Gasteiger partial charge in [0.2, 0.25) is 5.91 Å². The van der Waals surface area contributed by atoms with E-state index in [4.69, 9.17) is 21.1 Å². The highest BCUT2D eigenvalue weighted by atomic mass is 35.5. The smallest absolute Gasteiger partial charge is 0.230 e. The Morgan fingerprint density at radius 2 is 1.79 bits per heavy atom. The minimum absolute atomic E-state index is 0.119. The largest absolute Gasteiger partial charge is 0.493 e. The van der Waals surface area contributed by atoms with Crippen molar-refractivity contribution in [2.24, 2.45) is 17.3 Å². The van der Waals surface area contributed by atoms with Crippen molar-refractivity contribution < 1.29 is 14.3 Å². The molecule has 4 fully saturated rings. The minimum atomic E-state index is -0.293. The Hall–Kier alpha value is -1.42. The van der Waals surface area contributed by atoms with E-state index in [-0.39, 0.29) is 16.2 Å². The number of anilines is 1. The van der Waals surface area contributed by atoms with Gasteiger partial charge in [0.05, 0.1) is 19.6 Å². The van der Waals surface area contributed by atoms with Gasteiger partial charge in [-0.25, -0.2) is 0 Å². The van der Waals surface area contributed by atoms with Crippen molar-refractivity contribution in [3.8, 4) is 11.5 Å². The molecule has 1 amide bonds. The van der Waals surface area contributed by atoms with Crippen LogP contribution < -0.4 is 14.8 Å². The summed E-state index contributed by atoms with van der Waals surface area (Å²) in [6.07, 6.45) is 6.19. The fourth-order valence-corrected chi connectivity index (χ4v) is 6.29. The van der Waals surface area contributed by atoms with Crippen molar-refractivity contribution in [1.29, 1.82) is 0 Å². The maximum absolute atomic E-state index is 13.1. The molecule has 4 bridgehead atoms. The lowest BCUT2D eigenvalue weighted by atomic mass is 9.49. The number of ether oxygens (including phenoxy) is 2. The van der Waals surface area contributed by atoms with E-state index in [1.165, 1.54) is 6.42 Å². The van der Waals surface area contributed by atoms with Gasteiger partial charge in [-0.1, -0.05) is 0 Å². The van der Waals surface area contributed by atoms with Gasteiger partial charge in [-0.15, -0.1) is 11.6 Å². The number of rotatable bonds is 4. The first-order valence-electron chi connectivity index (χ1n) is 8.68. The third-order valence-corrected chi connectivity index (χ3v) is 6.56. The monoisotopic (exact) mass is 349 g/mol. The van der Waals surface area contributed by atoms with Crippen molar-refractivity contribution >= 4 is 23.2 Å². The molecule has 1 N–H and O–H groups in total. The lowest BCUT2D eigenvalue weighted by molar-refractivity contribution is -0.138. The SMILES string of the molecule is COc1ccc(NC(=O)C23C[C@@H]4C[C@@H](CC(Cl)(C4)C2)C3)cc1OC. The Balaban J connectivity index is 1.56. The molecule has 4 nitrogen and oxygen atoms in total. The van der Waals surface area contributed by atoms with Crippen molar-refractivity contribution in [1.82, 2.24) is 0 Å². The maximum atomic E-state index is 13.1. The van der Waals surface area contributed by atoms with E-state index in [1.807, 2.05) is 18.2 Å². The quantitative estimate of drug-likeness (QED) is 0.828. The molecular weight excluding hydrogens is 326 g/mol. The minimum Gasteiger partial charge on any atom is -0.493 e. The molecule has 130 valence electrons. The van der Waals surface area contributed by atoms with Crippen LogP contribution in [0.15, 0.2) is 18.2 Å². The molecule has 24 heavy (non-hydrogen) atoms. The summed E-state index contributed by atoms with van der Waals surface area (Å²) in [7, 11) is 3.20. The number of benzene rings is 1. The first kappa shape index (κ1) is 16.1. The average molecular weight is 350 g/mol. The highest BCUT2D eigenvalue weighted by molar-refractivity contribution is 6.24. The van der Waals surface area contributed by atoms with Gasteiger partial charge in [0.15, 0.2) is 11.5 Å². The molecule has 0 radical (unpaired) electrons. The third kappa shape index (κ3) is 2.55. The van der Waals surface area contributed by atoms with E-state index < -0.39 is 0 Å². The molecular formula is C19H24ClNO3. The number of amides is 1. The van der Waals surface area contributed by atoms with Crippen LogP contribution in [0.3, 0.4) is 0 Å². The lowest BCUT2D eigenvalue weighted by Crippen LogP contribution is -2.57. The number of methoxy groups -OCH3 is 2. The van der Waals surface area contributed by atoms with Gasteiger partial charge in [0.1, 0.15) is 0 Å². The Labute approximate surface area is 147 Å². The topological polar surface area (TPSA) is 47.6 Å². The average Bonchev–Trinajstić information content (AvgIpc) is 2.52. The molecule has 0 aliphatic heterocycles. The van der Waals surface area contributed by atoms with Gasteiger partial charge >= 0.3 is 0 Å². The number of hydrogen-bond donors (Lipinski definition) is 1. The summed E-state index contributed by atoms with van der Waals surface area (Å²) in [6.45, 7) is 0. The number of carbonyl (C=O) groups is 1. The molecule has 0 aromatic heterocycles. The highest BCUT2D eigenvalue weighted by Crippen LogP contribution is 2.64. The second-order valence-electron chi connectivity index (χ2n) is 7.92. The zero-order valence-corrected chi connectivity index (χ0v) is 15.0. The van der Waals surface area contributed by atoms with Gasteiger partial charge in [-0.3, -0.25) is 4.79 Å². The molecule has 0 heterocycles. The molecule has 4 aliphatic rings. The molecule has 2 unspecified atom stereocenters. The Morgan fingerprint density at radius 3 is 2.38 bits per heavy atom. The number of carbonyl (C=O) groups excluding carboxylic acids is 1. The predicted molar refractivity (Wildman–Crippen MR) is 93.9 cm³/mol. The predicted octanol–water partition coefficient (Wildman–Crippen LogP) is 4.22. The lowest BCUT2D eigenvalue weighted by Gasteiger charge is -2.59. The number of halogens is 1. The Bertz CT molecular complexity index is 661. The fraction of sp³-hybridized carbons (Fsp3) is 0.632. The molecule has 4 saturated carbocycles. The standard InChI is InChI=1S/C19H24ClNO3/c1-23-15-4-3-14(6-16(15)24-2)21-17(22)18-7-12-5-13(8-18)10-19(20,9-12)11-18/h3-4,6,12-13H,5,7-11H2,1-2H3,(H,21,22)/t12-,13+,18?,19?. The molecule has 4 aliphatic carbocycles. The molecule has 1 aromatic rings. The summed E-state index contributed by atoms with van der Waals surface area (Å²) in [5.74, 6) is 2.62. The van der Waals surface area contributed by atoms with Crippen LogP contribution in [-0.4, -0.2) is 25.0 Å². The van der Waals surface area contributed by atoms with E-state index in [1.54, 1.807) is 14.2 Å². The van der Waals surface area contributed by atoms with Crippen molar-refractivity contribution in [2.45, 2.75) is 43.4 Å². The normalized spacial score (nSPS) is 36.5. The van der Waals surface area contributed by atoms with Crippen LogP contribution in [0.2, 0.25) is 0 Å². The van der Waals surface area contributed by atoms with E-state index >= 15 is 0 Å². The highest BCUT2D eigenvalue weighted by Gasteiger charge is 2.60. The van der Waals surface area contributed by atoms with Crippen LogP contribution in [0.4, 0.5) is 5.69 Å². The summed E-state index contributed by atoms with van der Waals surface area (Å²) in [6, 6.07) is 5.49. The second-order valence-corrected chi connectivity index (χ2v) is 8.72. The van der Waals surface area contributed by atoms with Crippen molar-refractivity contribution in [3.63, 3.8) is 0 Å². The van der Waals surface area contributed by atoms with E-state index in [2.05, 4.69) is 5.32 Å². The summed E-state index contributed by atoms with van der Waals surface area (Å²) in [5, 5.41) is 3.11. The molecule has 0 spiro atoms. The van der Waals surface area contributed by atoms with Crippen LogP contribution in [0.25, 0.3) is 0 Å². The summed E-state index contributed by atoms with van der Waals surface area (Å²) in [5.41, 5.74) is 0.455. The van der Waals surface area contributed by atoms with Gasteiger partial charge < -0.3 is 14.8 Å². The maximum Gasteiger partial charge on any atom is 0.230 e. The van der Waals surface area contributed by atoms with Gasteiger partial charge in [0.25, 0.3) is 0 Å². The zero-order chi connectivity index (χ0) is 16.9. The first-order chi connectivity index (χ1) is 11.5. The zero-order valence-electron chi connectivity index (χ0n) is 14.2. The molecule has 1 aromatic carbocycles. The van der Waals surface area contributed by atoms with Gasteiger partial charge in [-0.05, 0) is 62.5 Å². The Morgan fingerprint density at radius 1 is 1.12 bits per heavy atom. The van der Waals surface area contributed by atoms with Crippen LogP contribution in [0.1, 0.15) is 38.5 Å². The third-order valence-electron chi connectivity index (χ3n) is 6.11. The van der Waals surface area contributed by atoms with Crippen LogP contribution >= 0.6 is 11.6 Å². The van der Waals surface area contributed by atoms with Gasteiger partial charge in [-0.2, -0.15) is 0 Å². The van der Waals surface area contributed by atoms with Crippen molar-refractivity contribution in [2.75, 3.05) is 19.5 Å². The second kappa shape index (κ2) is 5.55. The number of alkyl halides is 1. The molecule has 0 saturated heterocycles. The summed E-state index contributed by atoms with van der Waals surface area (Å²) in [4.78, 5) is 13.0. The van der Waals surface area contributed by atoms with E-state index in [0.29, 0.717) is 23.3 Å². The van der Waals surface area contributed by atoms with E-state index in [0.717, 1.165) is 37.8 Å². The first-order valence-corrected chi connectivity index (χ1v) is 9.05. The molecule has 4 atom stereocenters. The van der Waals surface area contributed by atoms with Crippen LogP contribution in [0, 0.1) is 17.3 Å². The van der Waals surface area contributed by atoms with Crippen molar-refractivity contribution in [3.05, 3.63) is 18.2 Å².